The highest BCUT2D eigenvalue weighted by Gasteiger charge is 2.25. The van der Waals surface area contributed by atoms with Crippen molar-refractivity contribution in [3.8, 4) is 0 Å². The fourth-order valence-corrected chi connectivity index (χ4v) is 2.58. The zero-order chi connectivity index (χ0) is 30.3. The molecule has 0 spiro atoms. The second-order valence-corrected chi connectivity index (χ2v) is 11.4. The average molecular weight is 536 g/mol. The minimum atomic E-state index is -0.593. The number of rotatable bonds is 13. The highest BCUT2D eigenvalue weighted by molar-refractivity contribution is 5.85. The van der Waals surface area contributed by atoms with Gasteiger partial charge in [-0.3, -0.25) is 4.79 Å². The number of hydrogen-bond donors (Lipinski definition) is 4. The maximum atomic E-state index is 12.4. The summed E-state index contributed by atoms with van der Waals surface area (Å²) in [4.78, 5) is 24.5. The average Bonchev–Trinajstić information content (AvgIpc) is 2.80. The van der Waals surface area contributed by atoms with Crippen molar-refractivity contribution < 1.29 is 24.2 Å². The number of nitrogens with two attached hydrogens (primary N) is 1. The Morgan fingerprint density at radius 1 is 0.919 bits per heavy atom. The number of ether oxygens (including phenoxy) is 2. The Hall–Kier alpha value is -1.38. The van der Waals surface area contributed by atoms with Crippen LogP contribution in [0.25, 0.3) is 0 Å². The van der Waals surface area contributed by atoms with Crippen LogP contribution in [0.15, 0.2) is 0 Å². The molecule has 0 aliphatic rings. The van der Waals surface area contributed by atoms with Crippen molar-refractivity contribution >= 4 is 12.0 Å². The monoisotopic (exact) mass is 535 g/mol. The van der Waals surface area contributed by atoms with E-state index in [9.17, 15) is 9.59 Å². The van der Waals surface area contributed by atoms with E-state index in [0.29, 0.717) is 31.8 Å². The summed E-state index contributed by atoms with van der Waals surface area (Å²) in [6.45, 7) is 27.1. The molecule has 0 aromatic rings. The van der Waals surface area contributed by atoms with Crippen LogP contribution in [0.1, 0.15) is 122 Å². The molecular weight excluding hydrogens is 470 g/mol. The Bertz CT molecular complexity index is 544. The fraction of sp³-hybridized carbons (Fsp3) is 0.931. The van der Waals surface area contributed by atoms with E-state index in [0.717, 1.165) is 19.3 Å². The summed E-state index contributed by atoms with van der Waals surface area (Å²) in [6.07, 6.45) is 3.32. The molecule has 2 amide bonds. The third-order valence-electron chi connectivity index (χ3n) is 5.19. The van der Waals surface area contributed by atoms with E-state index in [4.69, 9.17) is 20.3 Å². The Morgan fingerprint density at radius 2 is 1.43 bits per heavy atom. The Labute approximate surface area is 230 Å². The zero-order valence-corrected chi connectivity index (χ0v) is 27.0. The molecule has 0 saturated carbocycles. The molecule has 5 N–H and O–H groups in total. The predicted molar refractivity (Wildman–Crippen MR) is 158 cm³/mol. The predicted octanol–water partition coefficient (Wildman–Crippen LogP) is 6.04. The maximum absolute atomic E-state index is 12.4. The van der Waals surface area contributed by atoms with Crippen LogP contribution in [0.5, 0.6) is 0 Å². The molecule has 8 heteroatoms. The van der Waals surface area contributed by atoms with E-state index in [1.54, 1.807) is 27.9 Å². The molecule has 0 aromatic carbocycles. The minimum Gasteiger partial charge on any atom is -0.444 e. The van der Waals surface area contributed by atoms with Crippen LogP contribution >= 0.6 is 0 Å². The fourth-order valence-electron chi connectivity index (χ4n) is 2.58. The van der Waals surface area contributed by atoms with E-state index in [1.165, 1.54) is 0 Å². The van der Waals surface area contributed by atoms with E-state index >= 15 is 0 Å². The Morgan fingerprint density at radius 3 is 1.78 bits per heavy atom. The summed E-state index contributed by atoms with van der Waals surface area (Å²) < 4.78 is 10.3. The van der Waals surface area contributed by atoms with Crippen molar-refractivity contribution in [1.82, 2.24) is 10.6 Å². The molecule has 0 radical (unpaired) electrons. The first-order valence-corrected chi connectivity index (χ1v) is 14.1. The van der Waals surface area contributed by atoms with Gasteiger partial charge in [-0.2, -0.15) is 0 Å². The first kappa shape index (κ1) is 42.7. The number of carbonyl (C=O) groups excluding carboxylic acids is 2. The van der Waals surface area contributed by atoms with Crippen molar-refractivity contribution in [2.75, 3.05) is 26.8 Å². The molecule has 0 aromatic heterocycles. The third-order valence-corrected chi connectivity index (χ3v) is 5.19. The summed E-state index contributed by atoms with van der Waals surface area (Å²) in [6, 6.07) is -0.587. The summed E-state index contributed by atoms with van der Waals surface area (Å²) in [5, 5.41) is 14.1. The molecule has 0 saturated heterocycles. The van der Waals surface area contributed by atoms with Gasteiger partial charge >= 0.3 is 6.09 Å². The van der Waals surface area contributed by atoms with Gasteiger partial charge in [0.1, 0.15) is 11.6 Å². The first-order chi connectivity index (χ1) is 17.0. The van der Waals surface area contributed by atoms with E-state index in [-0.39, 0.29) is 23.5 Å². The van der Waals surface area contributed by atoms with Crippen LogP contribution in [0.3, 0.4) is 0 Å². The number of hydrogen-bond acceptors (Lipinski definition) is 6. The topological polar surface area (TPSA) is 123 Å². The highest BCUT2D eigenvalue weighted by atomic mass is 16.6. The number of nitrogens with one attached hydrogen (secondary N) is 2. The molecule has 0 rings (SSSR count). The molecule has 1 atom stereocenters. The highest BCUT2D eigenvalue weighted by Crippen LogP contribution is 2.22. The zero-order valence-electron chi connectivity index (χ0n) is 27.0. The van der Waals surface area contributed by atoms with Crippen LogP contribution in [-0.4, -0.2) is 61.2 Å². The van der Waals surface area contributed by atoms with Gasteiger partial charge in [-0.15, -0.1) is 0 Å². The molecule has 0 heterocycles. The van der Waals surface area contributed by atoms with Gasteiger partial charge in [-0.05, 0) is 78.2 Å². The normalized spacial score (nSPS) is 12.0. The lowest BCUT2D eigenvalue weighted by Crippen LogP contribution is -2.48. The van der Waals surface area contributed by atoms with Crippen molar-refractivity contribution in [2.45, 2.75) is 139 Å². The summed E-state index contributed by atoms with van der Waals surface area (Å²) in [7, 11) is 1.65. The molecule has 8 nitrogen and oxygen atoms in total. The molecule has 0 unspecified atom stereocenters. The van der Waals surface area contributed by atoms with E-state index in [1.807, 2.05) is 41.5 Å². The van der Waals surface area contributed by atoms with Gasteiger partial charge in [0.25, 0.3) is 0 Å². The van der Waals surface area contributed by atoms with Crippen molar-refractivity contribution in [3.05, 3.63) is 0 Å². The molecule has 226 valence electrons. The number of carbonyl (C=O) groups is 2. The van der Waals surface area contributed by atoms with Crippen molar-refractivity contribution in [1.29, 1.82) is 0 Å². The first-order valence-electron chi connectivity index (χ1n) is 14.1. The second kappa shape index (κ2) is 23.7. The van der Waals surface area contributed by atoms with Crippen LogP contribution in [0, 0.1) is 11.3 Å². The SMILES string of the molecule is CC.CC.CC(C)CCNC(=O)[C@H](CCCC(C)(C)CN)NC(=O)OC(C)(C)C.COC(C)(C)CCO. The van der Waals surface area contributed by atoms with Gasteiger partial charge < -0.3 is 30.9 Å². The van der Waals surface area contributed by atoms with Crippen LogP contribution in [-0.2, 0) is 14.3 Å². The molecule has 0 fully saturated rings. The largest absolute Gasteiger partial charge is 0.444 e. The molecule has 0 aliphatic carbocycles. The lowest BCUT2D eigenvalue weighted by molar-refractivity contribution is -0.123. The Balaban J connectivity index is -0.000000379. The number of alkyl carbamates (subject to hydrolysis) is 1. The van der Waals surface area contributed by atoms with Crippen molar-refractivity contribution in [2.24, 2.45) is 17.1 Å². The molecular formula is C29H65N3O5. The molecule has 37 heavy (non-hydrogen) atoms. The standard InChI is InChI=1S/C19H39N3O3.C6H14O2.2C2H6/c1-14(2)10-12-21-16(23)15(9-8-11-19(6,7)13-20)22-17(24)25-18(3,4)5;1-6(2,8-3)4-5-7;2*1-2/h14-15H,8-13,20H2,1-7H3,(H,21,23)(H,22,24);7H,4-5H2,1-3H3;2*1-2H3/t15-;;;/m0.../s1. The van der Waals surface area contributed by atoms with Crippen LogP contribution in [0.4, 0.5) is 4.79 Å². The smallest absolute Gasteiger partial charge is 0.408 e. The maximum Gasteiger partial charge on any atom is 0.408 e. The summed E-state index contributed by atoms with van der Waals surface area (Å²) >= 11 is 0. The minimum absolute atomic E-state index is 0.0323. The van der Waals surface area contributed by atoms with Gasteiger partial charge in [0.05, 0.1) is 5.60 Å². The Kier molecular flexibility index (Phi) is 27.4. The van der Waals surface area contributed by atoms with Crippen LogP contribution < -0.4 is 16.4 Å². The van der Waals surface area contributed by atoms with Gasteiger partial charge in [-0.25, -0.2) is 4.79 Å². The van der Waals surface area contributed by atoms with E-state index in [2.05, 4.69) is 38.3 Å². The van der Waals surface area contributed by atoms with E-state index < -0.39 is 17.7 Å². The summed E-state index contributed by atoms with van der Waals surface area (Å²) in [5.74, 6) is 0.361. The lowest BCUT2D eigenvalue weighted by atomic mass is 9.86. The van der Waals surface area contributed by atoms with Gasteiger partial charge in [0.2, 0.25) is 5.91 Å². The second-order valence-electron chi connectivity index (χ2n) is 11.4. The van der Waals surface area contributed by atoms with Gasteiger partial charge in [0.15, 0.2) is 0 Å². The van der Waals surface area contributed by atoms with Crippen LogP contribution in [0.2, 0.25) is 0 Å². The quantitative estimate of drug-likeness (QED) is 0.228. The number of aliphatic hydroxyl groups excluding tert-OH is 1. The number of methoxy groups -OCH3 is 1. The molecule has 0 bridgehead atoms. The summed E-state index contributed by atoms with van der Waals surface area (Å²) in [5.41, 5.74) is 5.04. The molecule has 0 aliphatic heterocycles. The third kappa shape index (κ3) is 30.7. The van der Waals surface area contributed by atoms with Gasteiger partial charge in [-0.1, -0.05) is 61.8 Å². The van der Waals surface area contributed by atoms with Crippen molar-refractivity contribution in [3.63, 3.8) is 0 Å². The lowest BCUT2D eigenvalue weighted by Gasteiger charge is -2.25. The number of amides is 2. The number of aliphatic hydroxyl groups is 1. The van der Waals surface area contributed by atoms with Gasteiger partial charge in [0, 0.05) is 20.3 Å².